The highest BCUT2D eigenvalue weighted by Gasteiger charge is 2.45. The van der Waals surface area contributed by atoms with Crippen molar-refractivity contribution >= 4 is 40.9 Å². The van der Waals surface area contributed by atoms with Crippen LogP contribution >= 0.6 is 23.2 Å². The van der Waals surface area contributed by atoms with Crippen LogP contribution in [0.1, 0.15) is 70.6 Å². The molecule has 0 radical (unpaired) electrons. The molecule has 0 unspecified atom stereocenters. The van der Waals surface area contributed by atoms with E-state index in [2.05, 4.69) is 5.10 Å². The smallest absolute Gasteiger partial charge is 0.433 e. The van der Waals surface area contributed by atoms with Gasteiger partial charge in [0, 0.05) is 12.6 Å². The molecule has 1 heterocycles. The van der Waals surface area contributed by atoms with E-state index in [4.69, 9.17) is 23.2 Å². The van der Waals surface area contributed by atoms with E-state index < -0.39 is 92.7 Å². The summed E-state index contributed by atoms with van der Waals surface area (Å²) in [5.74, 6) is -6.35. The Morgan fingerprint density at radius 3 is 2.05 bits per heavy atom. The average molecular weight is 650 g/mol. The molecule has 1 amide bonds. The quantitative estimate of drug-likeness (QED) is 0.203. The first-order valence-electron chi connectivity index (χ1n) is 12.8. The number of carbonyl (C=O) groups excluding carboxylic acids is 2. The van der Waals surface area contributed by atoms with Gasteiger partial charge in [0.2, 0.25) is 0 Å². The van der Waals surface area contributed by atoms with E-state index in [0.29, 0.717) is 21.8 Å². The van der Waals surface area contributed by atoms with E-state index in [1.165, 1.54) is 6.92 Å². The molecule has 0 spiro atoms. The van der Waals surface area contributed by atoms with Gasteiger partial charge in [0.05, 0.1) is 45.4 Å². The molecule has 1 aliphatic rings. The fourth-order valence-electron chi connectivity index (χ4n) is 5.13. The van der Waals surface area contributed by atoms with Crippen molar-refractivity contribution in [3.05, 3.63) is 86.4 Å². The minimum Gasteiger partial charge on any atom is -0.481 e. The van der Waals surface area contributed by atoms with Gasteiger partial charge in [0.25, 0.3) is 5.91 Å². The summed E-state index contributed by atoms with van der Waals surface area (Å²) in [6, 6.07) is 2.89. The second-order valence-corrected chi connectivity index (χ2v) is 11.4. The SMILES string of the molecule is CC1(C(=O)O)CCC(n2ncc(C(=O)N(CC(=O)c3c(Cl)cc(F)cc3Cl)Cc3cc(F)cc(F)c3)c2C(F)(F)F)CC1. The van der Waals surface area contributed by atoms with E-state index in [1.807, 2.05) is 0 Å². The largest absolute Gasteiger partial charge is 0.481 e. The fourth-order valence-corrected chi connectivity index (χ4v) is 5.80. The molecule has 0 atom stereocenters. The number of carboxylic acid groups (broad SMARTS) is 1. The molecular weight excluding hydrogens is 627 g/mol. The van der Waals surface area contributed by atoms with Crippen LogP contribution in [0, 0.1) is 22.9 Å². The van der Waals surface area contributed by atoms with E-state index in [0.717, 1.165) is 24.3 Å². The fraction of sp³-hybridized carbons (Fsp3) is 0.357. The predicted octanol–water partition coefficient (Wildman–Crippen LogP) is 7.36. The first-order chi connectivity index (χ1) is 20.0. The molecule has 230 valence electrons. The van der Waals surface area contributed by atoms with Crippen LogP contribution in [0.15, 0.2) is 36.5 Å². The number of carbonyl (C=O) groups is 3. The van der Waals surface area contributed by atoms with Crippen molar-refractivity contribution in [1.82, 2.24) is 14.7 Å². The predicted molar refractivity (Wildman–Crippen MR) is 142 cm³/mol. The van der Waals surface area contributed by atoms with Crippen molar-refractivity contribution in [3.8, 4) is 0 Å². The Balaban J connectivity index is 1.74. The van der Waals surface area contributed by atoms with E-state index in [1.54, 1.807) is 0 Å². The summed E-state index contributed by atoms with van der Waals surface area (Å²) in [4.78, 5) is 39.1. The number of alkyl halides is 3. The number of aliphatic carboxylic acids is 1. The van der Waals surface area contributed by atoms with Crippen molar-refractivity contribution in [3.63, 3.8) is 0 Å². The molecule has 43 heavy (non-hydrogen) atoms. The number of nitrogens with zero attached hydrogens (tertiary/aromatic N) is 3. The van der Waals surface area contributed by atoms with Crippen molar-refractivity contribution < 1.29 is 45.8 Å². The van der Waals surface area contributed by atoms with Crippen LogP contribution in [0.4, 0.5) is 26.3 Å². The Labute approximate surface area is 251 Å². The molecule has 3 aromatic rings. The van der Waals surface area contributed by atoms with E-state index in [-0.39, 0.29) is 31.2 Å². The van der Waals surface area contributed by atoms with Gasteiger partial charge < -0.3 is 10.0 Å². The Morgan fingerprint density at radius 1 is 1.00 bits per heavy atom. The third kappa shape index (κ3) is 6.98. The maximum Gasteiger partial charge on any atom is 0.433 e. The number of hydrogen-bond acceptors (Lipinski definition) is 4. The summed E-state index contributed by atoms with van der Waals surface area (Å²) in [5.41, 5.74) is -4.09. The highest BCUT2D eigenvalue weighted by atomic mass is 35.5. The molecule has 1 N–H and O–H groups in total. The summed E-state index contributed by atoms with van der Waals surface area (Å²) in [5, 5.41) is 12.5. The molecule has 1 fully saturated rings. The van der Waals surface area contributed by atoms with Gasteiger partial charge in [-0.25, -0.2) is 13.2 Å². The molecule has 0 saturated heterocycles. The molecule has 0 aliphatic heterocycles. The van der Waals surface area contributed by atoms with Gasteiger partial charge >= 0.3 is 12.1 Å². The van der Waals surface area contributed by atoms with Gasteiger partial charge in [0.1, 0.15) is 17.5 Å². The summed E-state index contributed by atoms with van der Waals surface area (Å²) < 4.78 is 85.5. The average Bonchev–Trinajstić information content (AvgIpc) is 3.33. The van der Waals surface area contributed by atoms with Gasteiger partial charge in [0.15, 0.2) is 11.5 Å². The number of benzene rings is 2. The second kappa shape index (κ2) is 12.2. The van der Waals surface area contributed by atoms with Crippen LogP contribution in [-0.2, 0) is 17.5 Å². The third-order valence-corrected chi connectivity index (χ3v) is 8.01. The maximum atomic E-state index is 14.4. The second-order valence-electron chi connectivity index (χ2n) is 10.6. The number of rotatable bonds is 8. The lowest BCUT2D eigenvalue weighted by Crippen LogP contribution is -2.37. The summed E-state index contributed by atoms with van der Waals surface area (Å²) in [6.07, 6.45) is -4.23. The van der Waals surface area contributed by atoms with Crippen LogP contribution in [0.2, 0.25) is 10.0 Å². The van der Waals surface area contributed by atoms with Gasteiger partial charge in [-0.2, -0.15) is 18.3 Å². The monoisotopic (exact) mass is 649 g/mol. The van der Waals surface area contributed by atoms with Crippen molar-refractivity contribution in [2.24, 2.45) is 5.41 Å². The minimum absolute atomic E-state index is 0.0352. The molecule has 1 aliphatic carbocycles. The Bertz CT molecular complexity index is 1540. The summed E-state index contributed by atoms with van der Waals surface area (Å²) in [7, 11) is 0. The molecule has 1 aromatic heterocycles. The number of amides is 1. The standard InChI is InChI=1S/C28H23Cl2F6N3O4/c1-27(26(42)43)4-2-18(3-5-27)39-24(28(34,35)36)19(11-37-39)25(41)38(12-14-6-15(31)8-16(32)7-14)13-22(40)23-20(29)9-17(33)10-21(23)30/h6-11,18H,2-5,12-13H2,1H3,(H,42,43). The van der Waals surface area contributed by atoms with Crippen molar-refractivity contribution in [2.45, 2.75) is 51.4 Å². The number of aromatic nitrogens is 2. The topological polar surface area (TPSA) is 92.5 Å². The highest BCUT2D eigenvalue weighted by molar-refractivity contribution is 6.40. The van der Waals surface area contributed by atoms with Gasteiger partial charge in [-0.3, -0.25) is 19.1 Å². The number of ketones is 1. The summed E-state index contributed by atoms with van der Waals surface area (Å²) in [6.45, 7) is -0.165. The number of halogens is 8. The molecule has 2 aromatic carbocycles. The maximum absolute atomic E-state index is 14.4. The van der Waals surface area contributed by atoms with E-state index >= 15 is 0 Å². The number of carboxylic acids is 1. The zero-order valence-electron chi connectivity index (χ0n) is 22.3. The lowest BCUT2D eigenvalue weighted by atomic mass is 9.74. The highest BCUT2D eigenvalue weighted by Crippen LogP contribution is 2.43. The normalized spacial score (nSPS) is 18.9. The Hall–Kier alpha value is -3.58. The van der Waals surface area contributed by atoms with E-state index in [9.17, 15) is 45.8 Å². The molecule has 1 saturated carbocycles. The molecule has 7 nitrogen and oxygen atoms in total. The molecule has 0 bridgehead atoms. The first-order valence-corrected chi connectivity index (χ1v) is 13.6. The Kier molecular flexibility index (Phi) is 9.17. The zero-order chi connectivity index (χ0) is 31.9. The zero-order valence-corrected chi connectivity index (χ0v) is 23.8. The number of hydrogen-bond donors (Lipinski definition) is 1. The van der Waals surface area contributed by atoms with Crippen LogP contribution in [-0.4, -0.2) is 44.0 Å². The van der Waals surface area contributed by atoms with Gasteiger partial charge in [-0.05, 0) is 62.4 Å². The minimum atomic E-state index is -5.11. The van der Waals surface area contributed by atoms with Crippen LogP contribution in [0.3, 0.4) is 0 Å². The molecular formula is C28H23Cl2F6N3O4. The van der Waals surface area contributed by atoms with Crippen molar-refractivity contribution in [2.75, 3.05) is 6.54 Å². The van der Waals surface area contributed by atoms with Gasteiger partial charge in [-0.1, -0.05) is 23.2 Å². The molecule has 15 heteroatoms. The van der Waals surface area contributed by atoms with Crippen LogP contribution in [0.25, 0.3) is 0 Å². The van der Waals surface area contributed by atoms with Crippen LogP contribution in [0.5, 0.6) is 0 Å². The lowest BCUT2D eigenvalue weighted by Gasteiger charge is -2.34. The lowest BCUT2D eigenvalue weighted by molar-refractivity contribution is -0.152. The van der Waals surface area contributed by atoms with Crippen molar-refractivity contribution in [1.29, 1.82) is 0 Å². The Morgan fingerprint density at radius 2 is 1.53 bits per heavy atom. The number of Topliss-reactive ketones (excluding diaryl/α,β-unsaturated/α-hetero) is 1. The first kappa shape index (κ1) is 32.3. The summed E-state index contributed by atoms with van der Waals surface area (Å²) >= 11 is 12.0. The van der Waals surface area contributed by atoms with Crippen LogP contribution < -0.4 is 0 Å². The third-order valence-electron chi connectivity index (χ3n) is 7.42. The molecule has 4 rings (SSSR count). The van der Waals surface area contributed by atoms with Gasteiger partial charge in [-0.15, -0.1) is 0 Å².